The van der Waals surface area contributed by atoms with Crippen molar-refractivity contribution < 1.29 is 39.7 Å². The van der Waals surface area contributed by atoms with Crippen LogP contribution >= 0.6 is 0 Å². The molecule has 3 rings (SSSR count). The van der Waals surface area contributed by atoms with Gasteiger partial charge in [0.1, 0.15) is 5.75 Å². The van der Waals surface area contributed by atoms with Gasteiger partial charge in [0.05, 0.1) is 49.5 Å². The van der Waals surface area contributed by atoms with Crippen molar-refractivity contribution >= 4 is 15.5 Å². The lowest BCUT2D eigenvalue weighted by atomic mass is 9.68. The molecule has 0 saturated heterocycles. The Kier molecular flexibility index (Phi) is 15.9. The summed E-state index contributed by atoms with van der Waals surface area (Å²) in [5, 5.41) is 12.4. The second-order valence-corrected chi connectivity index (χ2v) is 15.3. The number of hydrogen-bond donors (Lipinski definition) is 1. The summed E-state index contributed by atoms with van der Waals surface area (Å²) in [6.07, 6.45) is 7.69. The lowest BCUT2D eigenvalue weighted by Gasteiger charge is -2.40. The molecule has 1 N–H and O–H groups in total. The highest BCUT2D eigenvalue weighted by Crippen LogP contribution is 2.50. The molecule has 0 spiro atoms. The average Bonchev–Trinajstić information content (AvgIpc) is 3.09. The van der Waals surface area contributed by atoms with E-state index in [9.17, 15) is 13.5 Å². The highest BCUT2D eigenvalue weighted by Gasteiger charge is 2.49. The minimum Gasteiger partial charge on any atom is -1.00 e. The van der Waals surface area contributed by atoms with Crippen molar-refractivity contribution in [3.05, 3.63) is 53.6 Å². The van der Waals surface area contributed by atoms with Crippen LogP contribution in [0.25, 0.3) is 0 Å². The summed E-state index contributed by atoms with van der Waals surface area (Å²) >= 11 is 0. The number of anilines is 1. The third kappa shape index (κ3) is 9.71. The van der Waals surface area contributed by atoms with Crippen LogP contribution in [0.15, 0.2) is 47.4 Å². The van der Waals surface area contributed by atoms with Gasteiger partial charge in [-0.1, -0.05) is 51.7 Å². The van der Waals surface area contributed by atoms with Gasteiger partial charge in [0, 0.05) is 31.1 Å². The van der Waals surface area contributed by atoms with E-state index in [-0.39, 0.29) is 22.7 Å². The predicted octanol–water partition coefficient (Wildman–Crippen LogP) is 4.83. The molecule has 256 valence electrons. The number of aliphatic hydroxyl groups is 1. The summed E-state index contributed by atoms with van der Waals surface area (Å²) in [5.74, 6) is 0.358. The zero-order valence-corrected chi connectivity index (χ0v) is 31.6. The quantitative estimate of drug-likeness (QED) is 0.178. The van der Waals surface area contributed by atoms with Crippen molar-refractivity contribution in [2.75, 3.05) is 57.5 Å². The molecule has 1 aliphatic heterocycles. The topological polar surface area (TPSA) is 66.8 Å². The number of sulfone groups is 1. The van der Waals surface area contributed by atoms with E-state index in [4.69, 9.17) is 4.74 Å². The minimum absolute atomic E-state index is 0. The Hall–Kier alpha value is -1.61. The Bertz CT molecular complexity index is 1250. The molecule has 2 aromatic rings. The summed E-state index contributed by atoms with van der Waals surface area (Å²) in [6, 6.07) is 13.7. The first-order valence-corrected chi connectivity index (χ1v) is 19.0. The van der Waals surface area contributed by atoms with E-state index in [0.717, 1.165) is 55.5 Å². The van der Waals surface area contributed by atoms with E-state index in [2.05, 4.69) is 34.6 Å². The van der Waals surface area contributed by atoms with Crippen molar-refractivity contribution in [3.8, 4) is 5.75 Å². The maximum Gasteiger partial charge on any atom is 0.179 e. The van der Waals surface area contributed by atoms with Crippen LogP contribution in [-0.4, -0.2) is 76.7 Å². The summed E-state index contributed by atoms with van der Waals surface area (Å²) in [4.78, 5) is 2.35. The van der Waals surface area contributed by atoms with Crippen molar-refractivity contribution in [2.45, 2.75) is 109 Å². The number of unbranched alkanes of at least 4 members (excludes halogenated alkanes) is 4. The molecule has 0 aromatic heterocycles. The van der Waals surface area contributed by atoms with Crippen LogP contribution < -0.4 is 26.6 Å². The summed E-state index contributed by atoms with van der Waals surface area (Å²) in [5.41, 5.74) is 1.86. The van der Waals surface area contributed by atoms with E-state index in [1.807, 2.05) is 55.4 Å². The fourth-order valence-electron chi connectivity index (χ4n) is 7.22. The van der Waals surface area contributed by atoms with Gasteiger partial charge in [-0.3, -0.25) is 0 Å². The molecule has 45 heavy (non-hydrogen) atoms. The molecule has 2 atom stereocenters. The lowest BCUT2D eigenvalue weighted by molar-refractivity contribution is -0.923. The fraction of sp³-hybridized carbons (Fsp3) is 0.676. The first-order valence-electron chi connectivity index (χ1n) is 17.3. The number of rotatable bonds is 18. The number of nitrogens with zero attached hydrogens (tertiary/aromatic N) is 2. The zero-order valence-electron chi connectivity index (χ0n) is 29.2. The van der Waals surface area contributed by atoms with Crippen molar-refractivity contribution in [1.29, 1.82) is 0 Å². The minimum atomic E-state index is -3.61. The van der Waals surface area contributed by atoms with Crippen LogP contribution in [0, 0.1) is 5.41 Å². The molecule has 0 unspecified atom stereocenters. The van der Waals surface area contributed by atoms with Gasteiger partial charge < -0.3 is 36.2 Å². The molecule has 1 aliphatic rings. The Labute approximate surface area is 285 Å². The Morgan fingerprint density at radius 2 is 1.47 bits per heavy atom. The highest BCUT2D eigenvalue weighted by atomic mass is 79.9. The number of aliphatic hydroxyl groups excluding tert-OH is 1. The third-order valence-corrected chi connectivity index (χ3v) is 12.5. The monoisotopic (exact) mass is 708 g/mol. The number of benzene rings is 2. The van der Waals surface area contributed by atoms with Gasteiger partial charge in [-0.15, -0.1) is 0 Å². The maximum atomic E-state index is 14.0. The molecular weight excluding hydrogens is 648 g/mol. The van der Waals surface area contributed by atoms with E-state index >= 15 is 0 Å². The van der Waals surface area contributed by atoms with E-state index < -0.39 is 27.3 Å². The standard InChI is InChI=1S/C37H61N2O4S.BrH/c1-8-13-24-37(25-14-9-2)29-44(41,42)34-23-20-31(38(6)7)28-33(34)35(36(37)40)30-18-21-32(22-19-30)43-27-17-15-16-26-39(10-3,11-4)12-5;/h18-23,28,35-36,40H,8-17,24-27,29H2,1-7H3;1H/q+1;/p-1/t35-,36-;/m1./s1. The van der Waals surface area contributed by atoms with Crippen LogP contribution in [0.5, 0.6) is 5.75 Å². The van der Waals surface area contributed by atoms with Gasteiger partial charge in [-0.2, -0.15) is 0 Å². The second kappa shape index (κ2) is 18.1. The largest absolute Gasteiger partial charge is 1.00 e. The molecule has 0 fully saturated rings. The zero-order chi connectivity index (χ0) is 32.4. The third-order valence-electron chi connectivity index (χ3n) is 10.5. The van der Waals surface area contributed by atoms with Crippen molar-refractivity contribution in [3.63, 3.8) is 0 Å². The summed E-state index contributed by atoms with van der Waals surface area (Å²) in [7, 11) is 0.315. The van der Waals surface area contributed by atoms with Crippen LogP contribution in [0.1, 0.15) is 109 Å². The predicted molar refractivity (Wildman–Crippen MR) is 185 cm³/mol. The summed E-state index contributed by atoms with van der Waals surface area (Å²) in [6.45, 7) is 16.6. The number of quaternary nitrogens is 1. The molecule has 0 amide bonds. The number of halogens is 1. The van der Waals surface area contributed by atoms with Crippen LogP contribution in [-0.2, 0) is 9.84 Å². The number of ether oxygens (including phenoxy) is 1. The number of hydrogen-bond acceptors (Lipinski definition) is 5. The van der Waals surface area contributed by atoms with Crippen LogP contribution in [0.4, 0.5) is 5.69 Å². The Morgan fingerprint density at radius 1 is 0.867 bits per heavy atom. The fourth-order valence-corrected chi connectivity index (χ4v) is 9.41. The second-order valence-electron chi connectivity index (χ2n) is 13.4. The normalized spacial score (nSPS) is 18.8. The average molecular weight is 710 g/mol. The van der Waals surface area contributed by atoms with E-state index in [1.165, 1.54) is 37.1 Å². The number of fused-ring (bicyclic) bond motifs is 1. The lowest BCUT2D eigenvalue weighted by Crippen LogP contribution is -3.00. The van der Waals surface area contributed by atoms with Gasteiger partial charge in [0.15, 0.2) is 9.84 Å². The SMILES string of the molecule is CCCCC1(CCCC)CS(=O)(=O)c2ccc(N(C)C)cc2[C@@H](c2ccc(OCCCCC[N+](CC)(CC)CC)cc2)[C@H]1O.[Br-]. The molecular formula is C37H61BrN2O4S. The molecule has 0 saturated carbocycles. The van der Waals surface area contributed by atoms with Gasteiger partial charge in [-0.25, -0.2) is 8.42 Å². The molecule has 1 heterocycles. The maximum absolute atomic E-state index is 14.0. The van der Waals surface area contributed by atoms with E-state index in [1.54, 1.807) is 6.07 Å². The van der Waals surface area contributed by atoms with Crippen molar-refractivity contribution in [1.82, 2.24) is 0 Å². The van der Waals surface area contributed by atoms with Gasteiger partial charge >= 0.3 is 0 Å². The smallest absolute Gasteiger partial charge is 0.179 e. The Morgan fingerprint density at radius 3 is 2.00 bits per heavy atom. The highest BCUT2D eigenvalue weighted by molar-refractivity contribution is 7.91. The van der Waals surface area contributed by atoms with Crippen LogP contribution in [0.3, 0.4) is 0 Å². The molecule has 0 aliphatic carbocycles. The first kappa shape index (κ1) is 39.6. The van der Waals surface area contributed by atoms with Gasteiger partial charge in [-0.05, 0) is 94.3 Å². The molecule has 6 nitrogen and oxygen atoms in total. The molecule has 8 heteroatoms. The van der Waals surface area contributed by atoms with E-state index in [0.29, 0.717) is 29.9 Å². The molecule has 2 aromatic carbocycles. The summed E-state index contributed by atoms with van der Waals surface area (Å²) < 4.78 is 35.4. The van der Waals surface area contributed by atoms with Gasteiger partial charge in [0.25, 0.3) is 0 Å². The van der Waals surface area contributed by atoms with Crippen molar-refractivity contribution in [2.24, 2.45) is 5.41 Å². The first-order chi connectivity index (χ1) is 21.0. The van der Waals surface area contributed by atoms with Gasteiger partial charge in [0.2, 0.25) is 0 Å². The van der Waals surface area contributed by atoms with Crippen LogP contribution in [0.2, 0.25) is 0 Å². The Balaban J connectivity index is 0.00000705. The molecule has 0 bridgehead atoms. The molecule has 0 radical (unpaired) electrons.